The molecule has 0 nitrogen and oxygen atoms in total. The van der Waals surface area contributed by atoms with Gasteiger partial charge in [-0.1, -0.05) is 26.7 Å². The van der Waals surface area contributed by atoms with Crippen molar-refractivity contribution in [2.24, 2.45) is 0 Å². The first kappa shape index (κ1) is 13.7. The summed E-state index contributed by atoms with van der Waals surface area (Å²) in [5.74, 6) is 2.64. The van der Waals surface area contributed by atoms with E-state index in [1.54, 1.807) is 0 Å². The zero-order valence-corrected chi connectivity index (χ0v) is 11.2. The zero-order valence-electron chi connectivity index (χ0n) is 9.56. The van der Waals surface area contributed by atoms with Gasteiger partial charge in [0.05, 0.1) is 4.08 Å². The van der Waals surface area contributed by atoms with Crippen molar-refractivity contribution in [2.75, 3.05) is 11.5 Å². The molecule has 0 unspecified atom stereocenters. The first-order valence-corrected chi connectivity index (χ1v) is 7.37. The summed E-state index contributed by atoms with van der Waals surface area (Å²) >= 11 is 4.23. The third kappa shape index (κ3) is 9.01. The maximum Gasteiger partial charge on any atom is 0.0555 e. The standard InChI is InChI=1S/C11H24S2/c1-5-7-9-12-11(3,4)13-10-8-6-2/h5-10H2,1-4H3. The number of thioether (sulfide) groups is 2. The molecule has 0 saturated heterocycles. The van der Waals surface area contributed by atoms with Gasteiger partial charge in [0.15, 0.2) is 0 Å². The molecule has 0 aliphatic carbocycles. The molecule has 0 heterocycles. The fourth-order valence-corrected chi connectivity index (χ4v) is 3.65. The monoisotopic (exact) mass is 220 g/mol. The van der Waals surface area contributed by atoms with Gasteiger partial charge in [-0.15, -0.1) is 23.5 Å². The van der Waals surface area contributed by atoms with E-state index in [-0.39, 0.29) is 0 Å². The van der Waals surface area contributed by atoms with Crippen LogP contribution in [-0.4, -0.2) is 15.6 Å². The first-order chi connectivity index (χ1) is 6.12. The lowest BCUT2D eigenvalue weighted by Gasteiger charge is -2.23. The molecule has 0 aromatic heterocycles. The number of hydrogen-bond donors (Lipinski definition) is 0. The Hall–Kier alpha value is 0.700. The van der Waals surface area contributed by atoms with E-state index < -0.39 is 0 Å². The van der Waals surface area contributed by atoms with Gasteiger partial charge in [0.25, 0.3) is 0 Å². The van der Waals surface area contributed by atoms with Gasteiger partial charge >= 0.3 is 0 Å². The highest BCUT2D eigenvalue weighted by molar-refractivity contribution is 8.18. The van der Waals surface area contributed by atoms with Crippen LogP contribution in [0.2, 0.25) is 0 Å². The molecule has 0 aliphatic rings. The van der Waals surface area contributed by atoms with Crippen molar-refractivity contribution in [3.63, 3.8) is 0 Å². The molecular weight excluding hydrogens is 196 g/mol. The van der Waals surface area contributed by atoms with Crippen molar-refractivity contribution < 1.29 is 0 Å². The van der Waals surface area contributed by atoms with Gasteiger partial charge < -0.3 is 0 Å². The van der Waals surface area contributed by atoms with Crippen LogP contribution in [0.5, 0.6) is 0 Å². The minimum atomic E-state index is 0.435. The Balaban J connectivity index is 3.42. The Morgan fingerprint density at radius 2 is 1.23 bits per heavy atom. The fourth-order valence-electron chi connectivity index (χ4n) is 0.966. The van der Waals surface area contributed by atoms with Crippen LogP contribution in [0.25, 0.3) is 0 Å². The predicted octanol–water partition coefficient (Wildman–Crippen LogP) is 4.79. The predicted molar refractivity (Wildman–Crippen MR) is 68.8 cm³/mol. The van der Waals surface area contributed by atoms with Crippen molar-refractivity contribution in [1.29, 1.82) is 0 Å². The van der Waals surface area contributed by atoms with E-state index in [0.717, 1.165) is 0 Å². The van der Waals surface area contributed by atoms with Gasteiger partial charge in [-0.05, 0) is 38.2 Å². The van der Waals surface area contributed by atoms with Gasteiger partial charge in [-0.3, -0.25) is 0 Å². The second-order valence-electron chi connectivity index (χ2n) is 3.80. The SMILES string of the molecule is CCCCSC(C)(C)SCCCC. The molecule has 0 amide bonds. The Labute approximate surface area is 92.6 Å². The Kier molecular flexibility index (Phi) is 8.48. The summed E-state index contributed by atoms with van der Waals surface area (Å²) in [6.45, 7) is 9.23. The molecule has 0 fully saturated rings. The van der Waals surface area contributed by atoms with Gasteiger partial charge in [0.2, 0.25) is 0 Å². The van der Waals surface area contributed by atoms with Crippen molar-refractivity contribution in [1.82, 2.24) is 0 Å². The van der Waals surface area contributed by atoms with E-state index in [9.17, 15) is 0 Å². The van der Waals surface area contributed by atoms with Crippen LogP contribution in [0, 0.1) is 0 Å². The van der Waals surface area contributed by atoms with Crippen molar-refractivity contribution in [3.05, 3.63) is 0 Å². The smallest absolute Gasteiger partial charge is 0.0555 e. The number of unbranched alkanes of at least 4 members (excludes halogenated alkanes) is 2. The molecular formula is C11H24S2. The summed E-state index contributed by atoms with van der Waals surface area (Å²) in [6.07, 6.45) is 5.37. The summed E-state index contributed by atoms with van der Waals surface area (Å²) in [5.41, 5.74) is 0. The van der Waals surface area contributed by atoms with Crippen LogP contribution in [0.4, 0.5) is 0 Å². The maximum absolute atomic E-state index is 2.35. The molecule has 13 heavy (non-hydrogen) atoms. The van der Waals surface area contributed by atoms with Crippen LogP contribution in [0.15, 0.2) is 0 Å². The van der Waals surface area contributed by atoms with Crippen LogP contribution >= 0.6 is 23.5 Å². The average molecular weight is 220 g/mol. The lowest BCUT2D eigenvalue weighted by Crippen LogP contribution is -2.10. The van der Waals surface area contributed by atoms with Crippen LogP contribution in [0.3, 0.4) is 0 Å². The Bertz CT molecular complexity index is 98.7. The minimum absolute atomic E-state index is 0.435. The number of rotatable bonds is 8. The van der Waals surface area contributed by atoms with Gasteiger partial charge in [-0.25, -0.2) is 0 Å². The van der Waals surface area contributed by atoms with Gasteiger partial charge in [0, 0.05) is 0 Å². The lowest BCUT2D eigenvalue weighted by molar-refractivity contribution is 0.880. The molecule has 0 aliphatic heterocycles. The molecule has 0 rings (SSSR count). The highest BCUT2D eigenvalue weighted by Gasteiger charge is 2.17. The first-order valence-electron chi connectivity index (χ1n) is 5.40. The van der Waals surface area contributed by atoms with Crippen molar-refractivity contribution >= 4 is 23.5 Å². The van der Waals surface area contributed by atoms with Crippen LogP contribution in [0.1, 0.15) is 53.4 Å². The summed E-state index contributed by atoms with van der Waals surface area (Å²) in [4.78, 5) is 0. The molecule has 0 radical (unpaired) electrons. The lowest BCUT2D eigenvalue weighted by atomic mass is 10.4. The molecule has 0 aromatic carbocycles. The van der Waals surface area contributed by atoms with E-state index in [2.05, 4.69) is 51.2 Å². The van der Waals surface area contributed by atoms with Crippen molar-refractivity contribution in [3.8, 4) is 0 Å². The molecule has 2 heteroatoms. The van der Waals surface area contributed by atoms with Crippen LogP contribution in [-0.2, 0) is 0 Å². The fraction of sp³-hybridized carbons (Fsp3) is 1.00. The van der Waals surface area contributed by atoms with Gasteiger partial charge in [-0.2, -0.15) is 0 Å². The zero-order chi connectivity index (χ0) is 10.2. The Morgan fingerprint density at radius 3 is 1.54 bits per heavy atom. The largest absolute Gasteiger partial charge is 0.145 e. The molecule has 0 aromatic rings. The topological polar surface area (TPSA) is 0 Å². The number of hydrogen-bond acceptors (Lipinski definition) is 2. The van der Waals surface area contributed by atoms with E-state index in [0.29, 0.717) is 4.08 Å². The molecule has 0 N–H and O–H groups in total. The molecule has 0 atom stereocenters. The molecule has 0 spiro atoms. The third-order valence-electron chi connectivity index (χ3n) is 1.90. The highest BCUT2D eigenvalue weighted by atomic mass is 32.2. The molecule has 80 valence electrons. The minimum Gasteiger partial charge on any atom is -0.145 e. The van der Waals surface area contributed by atoms with E-state index >= 15 is 0 Å². The Morgan fingerprint density at radius 1 is 0.846 bits per heavy atom. The quantitative estimate of drug-likeness (QED) is 0.426. The maximum atomic E-state index is 2.35. The van der Waals surface area contributed by atoms with E-state index in [4.69, 9.17) is 0 Å². The highest BCUT2D eigenvalue weighted by Crippen LogP contribution is 2.37. The van der Waals surface area contributed by atoms with Crippen molar-refractivity contribution in [2.45, 2.75) is 57.5 Å². The summed E-state index contributed by atoms with van der Waals surface area (Å²) in [5, 5.41) is 0. The second-order valence-corrected chi connectivity index (χ2v) is 7.50. The second kappa shape index (κ2) is 8.05. The third-order valence-corrected chi connectivity index (χ3v) is 4.98. The van der Waals surface area contributed by atoms with E-state index in [1.165, 1.54) is 37.2 Å². The van der Waals surface area contributed by atoms with Gasteiger partial charge in [0.1, 0.15) is 0 Å². The normalized spacial score (nSPS) is 12.0. The average Bonchev–Trinajstić information content (AvgIpc) is 2.05. The summed E-state index contributed by atoms with van der Waals surface area (Å²) in [6, 6.07) is 0. The molecule has 0 saturated carbocycles. The molecule has 0 bridgehead atoms. The summed E-state index contributed by atoms with van der Waals surface area (Å²) < 4.78 is 0.435. The summed E-state index contributed by atoms with van der Waals surface area (Å²) in [7, 11) is 0. The van der Waals surface area contributed by atoms with E-state index in [1.807, 2.05) is 0 Å². The van der Waals surface area contributed by atoms with Crippen LogP contribution < -0.4 is 0 Å².